The van der Waals surface area contributed by atoms with Gasteiger partial charge >= 0.3 is 6.03 Å². The van der Waals surface area contributed by atoms with Crippen molar-refractivity contribution in [3.8, 4) is 0 Å². The first-order valence-electron chi connectivity index (χ1n) is 5.97. The number of urea groups is 1. The van der Waals surface area contributed by atoms with Crippen LogP contribution in [0.5, 0.6) is 0 Å². The van der Waals surface area contributed by atoms with Crippen molar-refractivity contribution >= 4 is 32.3 Å². The Morgan fingerprint density at radius 1 is 1.47 bits per heavy atom. The van der Waals surface area contributed by atoms with Crippen molar-refractivity contribution in [1.29, 1.82) is 0 Å². The molecule has 19 heavy (non-hydrogen) atoms. The highest BCUT2D eigenvalue weighted by atomic mass is 32.2. The van der Waals surface area contributed by atoms with Crippen LogP contribution >= 0.6 is 11.3 Å². The third kappa shape index (κ3) is 3.24. The first-order chi connectivity index (χ1) is 8.78. The summed E-state index contributed by atoms with van der Waals surface area (Å²) in [5.74, 6) is 0.206. The molecule has 106 valence electrons. The molecule has 1 aromatic rings. The van der Waals surface area contributed by atoms with Crippen molar-refractivity contribution < 1.29 is 13.2 Å². The second-order valence-corrected chi connectivity index (χ2v) is 8.19. The SMILES string of the molecule is Cc1nc(NC(=O)N(C)C2CCS(=O)(=O)C2)sc1C. The topological polar surface area (TPSA) is 79.4 Å². The average molecular weight is 303 g/mol. The number of carbonyl (C=O) groups excluding carboxylic acids is 1. The van der Waals surface area contributed by atoms with Crippen LogP contribution in [0.3, 0.4) is 0 Å². The van der Waals surface area contributed by atoms with Crippen LogP contribution in [0.1, 0.15) is 17.0 Å². The van der Waals surface area contributed by atoms with Gasteiger partial charge in [-0.1, -0.05) is 0 Å². The Labute approximate surface area is 116 Å². The summed E-state index contributed by atoms with van der Waals surface area (Å²) in [6, 6.07) is -0.553. The van der Waals surface area contributed by atoms with E-state index in [4.69, 9.17) is 0 Å². The third-order valence-electron chi connectivity index (χ3n) is 3.32. The third-order valence-corrected chi connectivity index (χ3v) is 6.06. The normalized spacial score (nSPS) is 21.3. The average Bonchev–Trinajstić information content (AvgIpc) is 2.81. The summed E-state index contributed by atoms with van der Waals surface area (Å²) in [6.45, 7) is 3.82. The zero-order valence-corrected chi connectivity index (χ0v) is 12.8. The largest absolute Gasteiger partial charge is 0.323 e. The first kappa shape index (κ1) is 14.3. The van der Waals surface area contributed by atoms with E-state index >= 15 is 0 Å². The number of nitrogens with one attached hydrogen (secondary N) is 1. The van der Waals surface area contributed by atoms with E-state index in [1.807, 2.05) is 13.8 Å². The summed E-state index contributed by atoms with van der Waals surface area (Å²) in [4.78, 5) is 18.8. The molecule has 6 nitrogen and oxygen atoms in total. The fraction of sp³-hybridized carbons (Fsp3) is 0.636. The first-order valence-corrected chi connectivity index (χ1v) is 8.60. The maximum absolute atomic E-state index is 12.0. The molecule has 1 aliphatic heterocycles. The van der Waals surface area contributed by atoms with E-state index in [0.29, 0.717) is 11.6 Å². The summed E-state index contributed by atoms with van der Waals surface area (Å²) < 4.78 is 22.8. The molecule has 2 heterocycles. The lowest BCUT2D eigenvalue weighted by molar-refractivity contribution is 0.209. The van der Waals surface area contributed by atoms with Crippen molar-refractivity contribution in [2.45, 2.75) is 26.3 Å². The number of aromatic nitrogens is 1. The Morgan fingerprint density at radius 3 is 2.63 bits per heavy atom. The van der Waals surface area contributed by atoms with Gasteiger partial charge in [0.1, 0.15) is 0 Å². The number of rotatable bonds is 2. The minimum Gasteiger partial charge on any atom is -0.323 e. The lowest BCUT2D eigenvalue weighted by Crippen LogP contribution is -2.40. The van der Waals surface area contributed by atoms with E-state index in [1.54, 1.807) is 7.05 Å². The second-order valence-electron chi connectivity index (χ2n) is 4.76. The number of thiazole rings is 1. The van der Waals surface area contributed by atoms with Gasteiger partial charge in [0.2, 0.25) is 0 Å². The molecule has 1 fully saturated rings. The molecule has 2 rings (SSSR count). The van der Waals surface area contributed by atoms with E-state index < -0.39 is 9.84 Å². The van der Waals surface area contributed by atoms with Crippen LogP contribution in [0.25, 0.3) is 0 Å². The Hall–Kier alpha value is -1.15. The highest BCUT2D eigenvalue weighted by molar-refractivity contribution is 7.91. The summed E-state index contributed by atoms with van der Waals surface area (Å²) in [7, 11) is -1.36. The smallest absolute Gasteiger partial charge is 0.323 e. The van der Waals surface area contributed by atoms with Crippen molar-refractivity contribution in [2.75, 3.05) is 23.9 Å². The lowest BCUT2D eigenvalue weighted by Gasteiger charge is -2.22. The molecular weight excluding hydrogens is 286 g/mol. The minimum atomic E-state index is -2.98. The lowest BCUT2D eigenvalue weighted by atomic mass is 10.2. The molecule has 1 aromatic heterocycles. The zero-order valence-electron chi connectivity index (χ0n) is 11.1. The highest BCUT2D eigenvalue weighted by Gasteiger charge is 2.32. The quantitative estimate of drug-likeness (QED) is 0.896. The van der Waals surface area contributed by atoms with Gasteiger partial charge in [0.15, 0.2) is 15.0 Å². The zero-order chi connectivity index (χ0) is 14.2. The molecule has 0 radical (unpaired) electrons. The van der Waals surface area contributed by atoms with Crippen LogP contribution in [0, 0.1) is 13.8 Å². The Kier molecular flexibility index (Phi) is 3.82. The number of sulfone groups is 1. The molecule has 0 aromatic carbocycles. The standard InChI is InChI=1S/C11H17N3O3S2/c1-7-8(2)18-10(12-7)13-11(15)14(3)9-4-5-19(16,17)6-9/h9H,4-6H2,1-3H3,(H,12,13,15). The highest BCUT2D eigenvalue weighted by Crippen LogP contribution is 2.22. The van der Waals surface area contributed by atoms with E-state index in [2.05, 4.69) is 10.3 Å². The van der Waals surface area contributed by atoms with Gasteiger partial charge in [0.25, 0.3) is 0 Å². The van der Waals surface area contributed by atoms with Gasteiger partial charge in [-0.2, -0.15) is 0 Å². The van der Waals surface area contributed by atoms with E-state index in [9.17, 15) is 13.2 Å². The molecular formula is C11H17N3O3S2. The van der Waals surface area contributed by atoms with Gasteiger partial charge in [0, 0.05) is 18.0 Å². The summed E-state index contributed by atoms with van der Waals surface area (Å²) in [6.07, 6.45) is 0.502. The number of aryl methyl sites for hydroxylation is 2. The number of carbonyl (C=O) groups is 1. The Balaban J connectivity index is 2.00. The van der Waals surface area contributed by atoms with E-state index in [1.165, 1.54) is 16.2 Å². The van der Waals surface area contributed by atoms with E-state index in [0.717, 1.165) is 10.6 Å². The molecule has 1 unspecified atom stereocenters. The van der Waals surface area contributed by atoms with Crippen molar-refractivity contribution in [3.05, 3.63) is 10.6 Å². The maximum atomic E-state index is 12.0. The molecule has 1 atom stereocenters. The molecule has 2 amide bonds. The fourth-order valence-corrected chi connectivity index (χ4v) is 4.53. The molecule has 0 saturated carbocycles. The molecule has 1 saturated heterocycles. The second kappa shape index (κ2) is 5.09. The Bertz CT molecular complexity index is 575. The molecule has 1 N–H and O–H groups in total. The summed E-state index contributed by atoms with van der Waals surface area (Å²) >= 11 is 1.41. The van der Waals surface area contributed by atoms with Gasteiger partial charge < -0.3 is 4.90 Å². The van der Waals surface area contributed by atoms with Gasteiger partial charge in [0.05, 0.1) is 17.2 Å². The minimum absolute atomic E-state index is 0.0485. The number of hydrogen-bond donors (Lipinski definition) is 1. The number of anilines is 1. The van der Waals surface area contributed by atoms with Crippen molar-refractivity contribution in [2.24, 2.45) is 0 Å². The molecule has 0 aliphatic carbocycles. The van der Waals surface area contributed by atoms with Crippen molar-refractivity contribution in [3.63, 3.8) is 0 Å². The predicted octanol–water partition coefficient (Wildman–Crippen LogP) is 1.41. The van der Waals surface area contributed by atoms with Gasteiger partial charge in [-0.05, 0) is 20.3 Å². The van der Waals surface area contributed by atoms with Crippen LogP contribution < -0.4 is 5.32 Å². The van der Waals surface area contributed by atoms with Gasteiger partial charge in [-0.15, -0.1) is 11.3 Å². The van der Waals surface area contributed by atoms with Gasteiger partial charge in [-0.25, -0.2) is 18.2 Å². The van der Waals surface area contributed by atoms with Crippen LogP contribution in [0.4, 0.5) is 9.93 Å². The fourth-order valence-electron chi connectivity index (χ4n) is 1.95. The molecule has 1 aliphatic rings. The number of nitrogens with zero attached hydrogens (tertiary/aromatic N) is 2. The Morgan fingerprint density at radius 2 is 2.16 bits per heavy atom. The van der Waals surface area contributed by atoms with Crippen LogP contribution in [-0.4, -0.2) is 48.9 Å². The van der Waals surface area contributed by atoms with Crippen LogP contribution in [0.15, 0.2) is 0 Å². The predicted molar refractivity (Wildman–Crippen MR) is 75.4 cm³/mol. The molecule has 0 bridgehead atoms. The van der Waals surface area contributed by atoms with Crippen molar-refractivity contribution in [1.82, 2.24) is 9.88 Å². The number of amides is 2. The summed E-state index contributed by atoms with van der Waals surface area (Å²) in [5, 5.41) is 3.26. The molecule has 0 spiro atoms. The maximum Gasteiger partial charge on any atom is 0.323 e. The van der Waals surface area contributed by atoms with Gasteiger partial charge in [-0.3, -0.25) is 5.32 Å². The monoisotopic (exact) mass is 303 g/mol. The molecule has 8 heteroatoms. The summed E-state index contributed by atoms with van der Waals surface area (Å²) in [5.41, 5.74) is 0.895. The van der Waals surface area contributed by atoms with E-state index in [-0.39, 0.29) is 23.6 Å². The van der Waals surface area contributed by atoms with Crippen LogP contribution in [-0.2, 0) is 9.84 Å². The van der Waals surface area contributed by atoms with Crippen LogP contribution in [0.2, 0.25) is 0 Å². The number of hydrogen-bond acceptors (Lipinski definition) is 5.